The molecule has 0 heterocycles. The molecule has 31 heavy (non-hydrogen) atoms. The van der Waals surface area contributed by atoms with Gasteiger partial charge in [-0.25, -0.2) is 4.79 Å². The van der Waals surface area contributed by atoms with Gasteiger partial charge in [-0.2, -0.15) is 8.78 Å². The Kier molecular flexibility index (Phi) is 7.47. The first kappa shape index (κ1) is 23.0. The molecule has 1 aliphatic carbocycles. The third-order valence-corrected chi connectivity index (χ3v) is 6.03. The average Bonchev–Trinajstić information content (AvgIpc) is 2.78. The molecule has 3 nitrogen and oxygen atoms in total. The summed E-state index contributed by atoms with van der Waals surface area (Å²) < 4.78 is 39.3. The predicted molar refractivity (Wildman–Crippen MR) is 117 cm³/mol. The minimum atomic E-state index is -3.44. The first-order chi connectivity index (χ1) is 14.8. The van der Waals surface area contributed by atoms with E-state index in [4.69, 9.17) is 9.47 Å². The maximum absolute atomic E-state index is 14.7. The molecule has 0 spiro atoms. The van der Waals surface area contributed by atoms with Crippen molar-refractivity contribution in [3.63, 3.8) is 0 Å². The minimum Gasteiger partial charge on any atom is -0.457 e. The van der Waals surface area contributed by atoms with Crippen molar-refractivity contribution in [2.45, 2.75) is 64.6 Å². The molecule has 0 radical (unpaired) electrons. The highest BCUT2D eigenvalue weighted by atomic mass is 19.3. The van der Waals surface area contributed by atoms with Crippen LogP contribution >= 0.6 is 0 Å². The number of carbonyl (C=O) groups is 1. The normalized spacial score (nSPS) is 19.0. The van der Waals surface area contributed by atoms with Gasteiger partial charge in [0, 0.05) is 5.57 Å². The molecular formula is C26H30F2O3. The Morgan fingerprint density at radius 1 is 1.03 bits per heavy atom. The second kappa shape index (κ2) is 10.1. The number of hydrogen-bond donors (Lipinski definition) is 0. The van der Waals surface area contributed by atoms with Crippen LogP contribution in [0.2, 0.25) is 0 Å². The Morgan fingerprint density at radius 2 is 1.65 bits per heavy atom. The molecule has 2 aromatic rings. The van der Waals surface area contributed by atoms with Crippen LogP contribution < -0.4 is 4.74 Å². The molecule has 0 atom stereocenters. The highest BCUT2D eigenvalue weighted by Crippen LogP contribution is 2.38. The van der Waals surface area contributed by atoms with E-state index < -0.39 is 12.1 Å². The maximum Gasteiger partial charge on any atom is 0.426 e. The van der Waals surface area contributed by atoms with E-state index in [1.807, 2.05) is 12.1 Å². The maximum atomic E-state index is 14.7. The van der Waals surface area contributed by atoms with Crippen LogP contribution in [0.1, 0.15) is 68.6 Å². The lowest BCUT2D eigenvalue weighted by atomic mass is 9.78. The van der Waals surface area contributed by atoms with Gasteiger partial charge < -0.3 is 9.47 Å². The van der Waals surface area contributed by atoms with Crippen molar-refractivity contribution < 1.29 is 23.0 Å². The molecule has 0 saturated heterocycles. The van der Waals surface area contributed by atoms with Crippen LogP contribution in [0.5, 0.6) is 5.75 Å². The Labute approximate surface area is 183 Å². The zero-order chi connectivity index (χ0) is 22.4. The fourth-order valence-electron chi connectivity index (χ4n) is 3.99. The lowest BCUT2D eigenvalue weighted by Gasteiger charge is -2.28. The van der Waals surface area contributed by atoms with Crippen molar-refractivity contribution in [2.24, 2.45) is 5.92 Å². The van der Waals surface area contributed by atoms with E-state index in [0.29, 0.717) is 17.1 Å². The van der Waals surface area contributed by atoms with Gasteiger partial charge in [-0.05, 0) is 79.8 Å². The van der Waals surface area contributed by atoms with Gasteiger partial charge in [0.15, 0.2) is 0 Å². The van der Waals surface area contributed by atoms with Gasteiger partial charge in [0.2, 0.25) is 0 Å². The molecular weight excluding hydrogens is 398 g/mol. The largest absolute Gasteiger partial charge is 0.457 e. The molecule has 0 N–H and O–H groups in total. The average molecular weight is 429 g/mol. The molecule has 3 rings (SSSR count). The van der Waals surface area contributed by atoms with Gasteiger partial charge in [0.25, 0.3) is 0 Å². The topological polar surface area (TPSA) is 35.5 Å². The number of ether oxygens (including phenoxy) is 2. The van der Waals surface area contributed by atoms with Gasteiger partial charge >= 0.3 is 12.1 Å². The molecule has 1 saturated carbocycles. The van der Waals surface area contributed by atoms with Gasteiger partial charge in [-0.1, -0.05) is 44.2 Å². The number of carbonyl (C=O) groups excluding carboxylic acids is 1. The quantitative estimate of drug-likeness (QED) is 0.332. The molecule has 1 fully saturated rings. The van der Waals surface area contributed by atoms with Crippen LogP contribution in [-0.2, 0) is 22.2 Å². The van der Waals surface area contributed by atoms with E-state index in [2.05, 4.69) is 13.5 Å². The lowest BCUT2D eigenvalue weighted by molar-refractivity contribution is -0.185. The second-order valence-electron chi connectivity index (χ2n) is 8.37. The first-order valence-corrected chi connectivity index (χ1v) is 10.9. The van der Waals surface area contributed by atoms with Crippen molar-refractivity contribution >= 4 is 5.97 Å². The SMILES string of the molecule is C=C(C)C(=O)OCc1ccc(OC(F)(F)c2ccc(C3CCC(CC)CC3)cc2)cc1. The standard InChI is InChI=1S/C26H30F2O3/c1-4-19-5-9-21(10-6-19)22-11-13-23(14-12-22)26(27,28)31-24-15-7-20(8-16-24)17-30-25(29)18(2)3/h7-8,11-16,19,21H,2,4-6,9-10,17H2,1,3H3. The molecule has 0 amide bonds. The van der Waals surface area contributed by atoms with Crippen molar-refractivity contribution in [3.05, 3.63) is 77.4 Å². The highest BCUT2D eigenvalue weighted by molar-refractivity contribution is 5.86. The van der Waals surface area contributed by atoms with Gasteiger partial charge in [0.05, 0.1) is 5.56 Å². The zero-order valence-electron chi connectivity index (χ0n) is 18.2. The molecule has 166 valence electrons. The number of alkyl halides is 2. The van der Waals surface area contributed by atoms with Crippen molar-refractivity contribution in [1.29, 1.82) is 0 Å². The molecule has 5 heteroatoms. The monoisotopic (exact) mass is 428 g/mol. The molecule has 0 aromatic heterocycles. The van der Waals surface area contributed by atoms with E-state index in [1.165, 1.54) is 43.5 Å². The van der Waals surface area contributed by atoms with Crippen molar-refractivity contribution in [3.8, 4) is 5.75 Å². The lowest BCUT2D eigenvalue weighted by Crippen LogP contribution is -2.22. The smallest absolute Gasteiger partial charge is 0.426 e. The summed E-state index contributed by atoms with van der Waals surface area (Å²) in [7, 11) is 0. The molecule has 0 unspecified atom stereocenters. The van der Waals surface area contributed by atoms with Gasteiger partial charge in [-0.3, -0.25) is 0 Å². The molecule has 0 bridgehead atoms. The molecule has 0 aliphatic heterocycles. The summed E-state index contributed by atoms with van der Waals surface area (Å²) in [5, 5.41) is 0. The van der Waals surface area contributed by atoms with Crippen molar-refractivity contribution in [1.82, 2.24) is 0 Å². The number of rotatable bonds is 8. The Hall–Kier alpha value is -2.69. The third kappa shape index (κ3) is 6.16. The first-order valence-electron chi connectivity index (χ1n) is 10.9. The zero-order valence-corrected chi connectivity index (χ0v) is 18.2. The Bertz CT molecular complexity index is 880. The van der Waals surface area contributed by atoms with Crippen LogP contribution in [0, 0.1) is 5.92 Å². The number of benzene rings is 2. The van der Waals surface area contributed by atoms with Gasteiger partial charge in [-0.15, -0.1) is 0 Å². The van der Waals surface area contributed by atoms with Crippen molar-refractivity contribution in [2.75, 3.05) is 0 Å². The number of esters is 1. The van der Waals surface area contributed by atoms with Crippen LogP contribution in [0.3, 0.4) is 0 Å². The van der Waals surface area contributed by atoms with E-state index in [1.54, 1.807) is 19.1 Å². The number of hydrogen-bond acceptors (Lipinski definition) is 3. The van der Waals surface area contributed by atoms with Crippen LogP contribution in [0.4, 0.5) is 8.78 Å². The second-order valence-corrected chi connectivity index (χ2v) is 8.37. The summed E-state index contributed by atoms with van der Waals surface area (Å²) in [5.41, 5.74) is 1.94. The summed E-state index contributed by atoms with van der Waals surface area (Å²) in [6.07, 6.45) is 2.45. The summed E-state index contributed by atoms with van der Waals surface area (Å²) >= 11 is 0. The fourth-order valence-corrected chi connectivity index (χ4v) is 3.99. The highest BCUT2D eigenvalue weighted by Gasteiger charge is 2.34. The van der Waals surface area contributed by atoms with E-state index in [9.17, 15) is 13.6 Å². The molecule has 2 aromatic carbocycles. The summed E-state index contributed by atoms with van der Waals surface area (Å²) in [6.45, 7) is 7.35. The van der Waals surface area contributed by atoms with E-state index >= 15 is 0 Å². The fraction of sp³-hybridized carbons (Fsp3) is 0.423. The van der Waals surface area contributed by atoms with Crippen LogP contribution in [-0.4, -0.2) is 5.97 Å². The Morgan fingerprint density at radius 3 is 2.19 bits per heavy atom. The summed E-state index contributed by atoms with van der Waals surface area (Å²) in [6, 6.07) is 12.6. The summed E-state index contributed by atoms with van der Waals surface area (Å²) in [5.74, 6) is 0.811. The van der Waals surface area contributed by atoms with E-state index in [-0.39, 0.29) is 17.9 Å². The van der Waals surface area contributed by atoms with E-state index in [0.717, 1.165) is 24.3 Å². The number of halogens is 2. The summed E-state index contributed by atoms with van der Waals surface area (Å²) in [4.78, 5) is 11.4. The van der Waals surface area contributed by atoms with Crippen LogP contribution in [0.15, 0.2) is 60.7 Å². The third-order valence-electron chi connectivity index (χ3n) is 6.03. The van der Waals surface area contributed by atoms with Crippen LogP contribution in [0.25, 0.3) is 0 Å². The van der Waals surface area contributed by atoms with Gasteiger partial charge in [0.1, 0.15) is 12.4 Å². The predicted octanol–water partition coefficient (Wildman–Crippen LogP) is 7.12. The molecule has 1 aliphatic rings. The minimum absolute atomic E-state index is 0.0435. The Balaban J connectivity index is 1.58.